The average molecular weight is 276 g/mol. The number of nitrogens with two attached hydrogens (primary N) is 1. The summed E-state index contributed by atoms with van der Waals surface area (Å²) in [5, 5.41) is 0. The van der Waals surface area contributed by atoms with E-state index < -0.39 is 0 Å². The summed E-state index contributed by atoms with van der Waals surface area (Å²) in [4.78, 5) is 2.73. The quantitative estimate of drug-likeness (QED) is 0.854. The van der Waals surface area contributed by atoms with Gasteiger partial charge in [0, 0.05) is 12.6 Å². The second-order valence-electron chi connectivity index (χ2n) is 8.83. The molecule has 20 heavy (non-hydrogen) atoms. The predicted molar refractivity (Wildman–Crippen MR) is 83.4 cm³/mol. The first kappa shape index (κ1) is 13.6. The van der Waals surface area contributed by atoms with Crippen LogP contribution in [-0.4, -0.2) is 31.1 Å². The summed E-state index contributed by atoms with van der Waals surface area (Å²) in [7, 11) is 2.40. The van der Waals surface area contributed by atoms with Crippen LogP contribution in [0.1, 0.15) is 57.8 Å². The van der Waals surface area contributed by atoms with Crippen LogP contribution in [0.5, 0.6) is 0 Å². The van der Waals surface area contributed by atoms with Crippen LogP contribution in [0.25, 0.3) is 0 Å². The Balaban J connectivity index is 1.45. The predicted octanol–water partition coefficient (Wildman–Crippen LogP) is 3.26. The lowest BCUT2D eigenvalue weighted by molar-refractivity contribution is -0.0722. The fraction of sp³-hybridized carbons (Fsp3) is 1.00. The zero-order valence-corrected chi connectivity index (χ0v) is 13.2. The highest BCUT2D eigenvalue weighted by molar-refractivity contribution is 5.03. The van der Waals surface area contributed by atoms with Gasteiger partial charge in [-0.3, -0.25) is 0 Å². The molecule has 114 valence electrons. The first-order valence-electron chi connectivity index (χ1n) is 9.08. The molecule has 2 N–H and O–H groups in total. The molecule has 5 saturated carbocycles. The zero-order chi connectivity index (χ0) is 13.7. The van der Waals surface area contributed by atoms with Crippen molar-refractivity contribution >= 4 is 0 Å². The fourth-order valence-corrected chi connectivity index (χ4v) is 7.00. The van der Waals surface area contributed by atoms with Crippen LogP contribution in [-0.2, 0) is 0 Å². The van der Waals surface area contributed by atoms with Crippen LogP contribution in [0, 0.1) is 29.1 Å². The molecule has 5 aliphatic carbocycles. The summed E-state index contributed by atoms with van der Waals surface area (Å²) in [6, 6.07) is 0.785. The van der Waals surface area contributed by atoms with Gasteiger partial charge in [-0.25, -0.2) is 0 Å². The van der Waals surface area contributed by atoms with Gasteiger partial charge in [-0.1, -0.05) is 6.42 Å². The molecule has 0 aromatic rings. The van der Waals surface area contributed by atoms with Crippen LogP contribution in [0.3, 0.4) is 0 Å². The Labute approximate surface area is 124 Å². The van der Waals surface area contributed by atoms with Gasteiger partial charge in [0.2, 0.25) is 0 Å². The molecule has 2 atom stereocenters. The Morgan fingerprint density at radius 2 is 1.60 bits per heavy atom. The standard InChI is InChI=1S/C18H32N2/c1-20(17-4-2-3-16(17)11-19)12-18-8-13-5-14(9-18)7-15(6-13)10-18/h13-17H,2-12,19H2,1H3. The van der Waals surface area contributed by atoms with Crippen LogP contribution >= 0.6 is 0 Å². The van der Waals surface area contributed by atoms with E-state index in [0.29, 0.717) is 5.41 Å². The Bertz CT molecular complexity index is 329. The van der Waals surface area contributed by atoms with Crippen molar-refractivity contribution in [2.24, 2.45) is 34.8 Å². The topological polar surface area (TPSA) is 29.3 Å². The Hall–Kier alpha value is -0.0800. The van der Waals surface area contributed by atoms with E-state index in [1.807, 2.05) is 0 Å². The second kappa shape index (κ2) is 4.98. The molecule has 2 unspecified atom stereocenters. The van der Waals surface area contributed by atoms with Crippen LogP contribution < -0.4 is 5.73 Å². The third kappa shape index (κ3) is 2.23. The normalized spacial score (nSPS) is 50.2. The van der Waals surface area contributed by atoms with E-state index in [1.165, 1.54) is 25.8 Å². The highest BCUT2D eigenvalue weighted by Gasteiger charge is 2.51. The van der Waals surface area contributed by atoms with Gasteiger partial charge in [-0.05, 0) is 94.0 Å². The van der Waals surface area contributed by atoms with Gasteiger partial charge < -0.3 is 10.6 Å². The highest BCUT2D eigenvalue weighted by Crippen LogP contribution is 2.60. The van der Waals surface area contributed by atoms with E-state index in [9.17, 15) is 0 Å². The van der Waals surface area contributed by atoms with Gasteiger partial charge in [0.05, 0.1) is 0 Å². The number of nitrogens with zero attached hydrogens (tertiary/aromatic N) is 1. The van der Waals surface area contributed by atoms with Crippen LogP contribution in [0.2, 0.25) is 0 Å². The van der Waals surface area contributed by atoms with Crippen LogP contribution in [0.15, 0.2) is 0 Å². The van der Waals surface area contributed by atoms with Crippen molar-refractivity contribution in [1.29, 1.82) is 0 Å². The third-order valence-corrected chi connectivity index (χ3v) is 7.24. The minimum Gasteiger partial charge on any atom is -0.330 e. The summed E-state index contributed by atoms with van der Waals surface area (Å²) < 4.78 is 0. The van der Waals surface area contributed by atoms with Crippen molar-refractivity contribution in [3.05, 3.63) is 0 Å². The SMILES string of the molecule is CN(CC12CC3CC(CC(C3)C1)C2)C1CCCC1CN. The lowest BCUT2D eigenvalue weighted by atomic mass is 9.49. The molecule has 5 aliphatic rings. The summed E-state index contributed by atoms with van der Waals surface area (Å²) in [6.07, 6.45) is 13.5. The zero-order valence-electron chi connectivity index (χ0n) is 13.2. The number of hydrogen-bond donors (Lipinski definition) is 1. The van der Waals surface area contributed by atoms with Gasteiger partial charge in [0.25, 0.3) is 0 Å². The molecule has 2 nitrogen and oxygen atoms in total. The van der Waals surface area contributed by atoms with E-state index in [-0.39, 0.29) is 0 Å². The molecule has 2 heteroatoms. The Kier molecular flexibility index (Phi) is 3.38. The maximum Gasteiger partial charge on any atom is 0.0133 e. The van der Waals surface area contributed by atoms with Gasteiger partial charge in [-0.2, -0.15) is 0 Å². The van der Waals surface area contributed by atoms with Crippen molar-refractivity contribution in [3.63, 3.8) is 0 Å². The van der Waals surface area contributed by atoms with Crippen molar-refractivity contribution in [1.82, 2.24) is 4.90 Å². The van der Waals surface area contributed by atoms with Crippen LogP contribution in [0.4, 0.5) is 0 Å². The van der Waals surface area contributed by atoms with Gasteiger partial charge in [0.1, 0.15) is 0 Å². The molecule has 5 rings (SSSR count). The van der Waals surface area contributed by atoms with Gasteiger partial charge in [0.15, 0.2) is 0 Å². The van der Waals surface area contributed by atoms with E-state index in [4.69, 9.17) is 5.73 Å². The Morgan fingerprint density at radius 1 is 1.00 bits per heavy atom. The largest absolute Gasteiger partial charge is 0.330 e. The van der Waals surface area contributed by atoms with E-state index in [1.54, 1.807) is 38.5 Å². The first-order valence-corrected chi connectivity index (χ1v) is 9.08. The molecule has 4 bridgehead atoms. The molecule has 0 aromatic carbocycles. The Morgan fingerprint density at radius 3 is 2.15 bits per heavy atom. The molecular formula is C18H32N2. The van der Waals surface area contributed by atoms with Gasteiger partial charge >= 0.3 is 0 Å². The molecule has 0 aliphatic heterocycles. The molecule has 0 saturated heterocycles. The van der Waals surface area contributed by atoms with E-state index in [0.717, 1.165) is 36.3 Å². The second-order valence-corrected chi connectivity index (χ2v) is 8.83. The van der Waals surface area contributed by atoms with E-state index >= 15 is 0 Å². The first-order chi connectivity index (χ1) is 9.67. The average Bonchev–Trinajstić information content (AvgIpc) is 2.84. The summed E-state index contributed by atoms with van der Waals surface area (Å²) in [5.74, 6) is 4.03. The maximum absolute atomic E-state index is 6.00. The summed E-state index contributed by atoms with van der Waals surface area (Å²) in [6.45, 7) is 2.27. The van der Waals surface area contributed by atoms with Crippen molar-refractivity contribution in [3.8, 4) is 0 Å². The van der Waals surface area contributed by atoms with Crippen molar-refractivity contribution in [2.75, 3.05) is 20.1 Å². The molecule has 5 fully saturated rings. The van der Waals surface area contributed by atoms with E-state index in [2.05, 4.69) is 11.9 Å². The lowest BCUT2D eigenvalue weighted by Gasteiger charge is -2.58. The molecule has 0 aromatic heterocycles. The van der Waals surface area contributed by atoms with Crippen molar-refractivity contribution in [2.45, 2.75) is 63.8 Å². The highest BCUT2D eigenvalue weighted by atomic mass is 15.1. The molecule has 0 amide bonds. The van der Waals surface area contributed by atoms with Gasteiger partial charge in [-0.15, -0.1) is 0 Å². The molecular weight excluding hydrogens is 244 g/mol. The molecule has 0 heterocycles. The minimum atomic E-state index is 0.700. The smallest absolute Gasteiger partial charge is 0.0133 e. The summed E-state index contributed by atoms with van der Waals surface area (Å²) in [5.41, 5.74) is 6.70. The molecule has 0 spiro atoms. The maximum atomic E-state index is 6.00. The summed E-state index contributed by atoms with van der Waals surface area (Å²) >= 11 is 0. The van der Waals surface area contributed by atoms with Crippen molar-refractivity contribution < 1.29 is 0 Å². The minimum absolute atomic E-state index is 0.700. The number of rotatable bonds is 4. The third-order valence-electron chi connectivity index (χ3n) is 7.24. The number of hydrogen-bond acceptors (Lipinski definition) is 2. The molecule has 0 radical (unpaired) electrons. The monoisotopic (exact) mass is 276 g/mol. The lowest BCUT2D eigenvalue weighted by Crippen LogP contribution is -2.52. The fourth-order valence-electron chi connectivity index (χ4n) is 7.00.